The second kappa shape index (κ2) is 12.4. The fourth-order valence-corrected chi connectivity index (χ4v) is 8.67. The van der Waals surface area contributed by atoms with E-state index in [2.05, 4.69) is 19.8 Å². The van der Waals surface area contributed by atoms with Crippen LogP contribution in [0.1, 0.15) is 53.7 Å². The van der Waals surface area contributed by atoms with Gasteiger partial charge in [-0.15, -0.1) is 11.3 Å². The number of halogens is 4. The molecule has 0 amide bonds. The van der Waals surface area contributed by atoms with Crippen LogP contribution in [0.25, 0.3) is 5.57 Å². The van der Waals surface area contributed by atoms with Gasteiger partial charge in [0.1, 0.15) is 11.9 Å². The van der Waals surface area contributed by atoms with Crippen LogP contribution in [0.15, 0.2) is 77.3 Å². The normalized spacial score (nSPS) is 21.7. The summed E-state index contributed by atoms with van der Waals surface area (Å²) in [4.78, 5) is 15.2. The Bertz CT molecular complexity index is 1950. The van der Waals surface area contributed by atoms with E-state index in [9.17, 15) is 26.7 Å². The second-order valence-corrected chi connectivity index (χ2v) is 14.5. The number of hydrogen-bond donors (Lipinski definition) is 2. The third-order valence-electron chi connectivity index (χ3n) is 8.65. The summed E-state index contributed by atoms with van der Waals surface area (Å²) < 4.78 is 73.4. The Balaban J connectivity index is 1.23. The molecule has 3 aliphatic rings. The lowest BCUT2D eigenvalue weighted by Crippen LogP contribution is -2.51. The molecule has 0 unspecified atom stereocenters. The van der Waals surface area contributed by atoms with Crippen molar-refractivity contribution in [3.05, 3.63) is 105 Å². The molecule has 47 heavy (non-hydrogen) atoms. The van der Waals surface area contributed by atoms with Crippen molar-refractivity contribution in [2.75, 3.05) is 19.6 Å². The van der Waals surface area contributed by atoms with E-state index in [0.717, 1.165) is 12.3 Å². The lowest BCUT2D eigenvalue weighted by atomic mass is 9.86. The van der Waals surface area contributed by atoms with Gasteiger partial charge in [0.25, 0.3) is 10.2 Å². The molecule has 0 bridgehead atoms. The van der Waals surface area contributed by atoms with Crippen LogP contribution < -0.4 is 4.72 Å². The Labute approximate surface area is 277 Å². The van der Waals surface area contributed by atoms with Crippen molar-refractivity contribution in [1.82, 2.24) is 33.7 Å². The number of aromatic nitrogens is 4. The lowest BCUT2D eigenvalue weighted by Gasteiger charge is -2.38. The number of fused-ring (bicyclic) bond motifs is 1. The fourth-order valence-electron chi connectivity index (χ4n) is 6.37. The number of rotatable bonds is 8. The van der Waals surface area contributed by atoms with Crippen LogP contribution in [0.4, 0.5) is 13.2 Å². The van der Waals surface area contributed by atoms with Crippen molar-refractivity contribution < 1.29 is 26.7 Å². The van der Waals surface area contributed by atoms with Crippen molar-refractivity contribution in [3.8, 4) is 0 Å². The highest BCUT2D eigenvalue weighted by Gasteiger charge is 2.44. The molecule has 0 aliphatic carbocycles. The molecule has 3 aromatic heterocycles. The van der Waals surface area contributed by atoms with Gasteiger partial charge >= 0.3 is 6.55 Å². The number of amidine groups is 1. The molecule has 2 atom stereocenters. The number of nitrogens with one attached hydrogen (secondary N) is 1. The average Bonchev–Trinajstić information content (AvgIpc) is 3.83. The van der Waals surface area contributed by atoms with Gasteiger partial charge in [0.2, 0.25) is 0 Å². The summed E-state index contributed by atoms with van der Waals surface area (Å²) in [5, 5.41) is 17.8. The second-order valence-electron chi connectivity index (χ2n) is 11.5. The lowest BCUT2D eigenvalue weighted by molar-refractivity contribution is -0.00991. The Morgan fingerprint density at radius 1 is 1.11 bits per heavy atom. The molecular weight excluding hydrogens is 677 g/mol. The Morgan fingerprint density at radius 2 is 1.87 bits per heavy atom. The highest BCUT2D eigenvalue weighted by Crippen LogP contribution is 2.46. The minimum Gasteiger partial charge on any atom is -0.385 e. The smallest absolute Gasteiger partial charge is 0.333 e. The number of pyridine rings is 1. The number of nitrogens with zero attached hydrogens (tertiary/aromatic N) is 7. The number of aliphatic imine (C=N–C) groups is 1. The van der Waals surface area contributed by atoms with Gasteiger partial charge in [-0.2, -0.15) is 31.3 Å². The minimum absolute atomic E-state index is 0.0872. The first-order valence-corrected chi connectivity index (χ1v) is 17.4. The molecular formula is C30H28ClF3N8O3S2. The van der Waals surface area contributed by atoms with E-state index in [1.54, 1.807) is 36.1 Å². The van der Waals surface area contributed by atoms with Crippen LogP contribution in [0.3, 0.4) is 0 Å². The third kappa shape index (κ3) is 6.09. The zero-order chi connectivity index (χ0) is 32.9. The quantitative estimate of drug-likeness (QED) is 0.272. The van der Waals surface area contributed by atoms with E-state index in [1.807, 2.05) is 4.90 Å². The molecule has 2 saturated heterocycles. The van der Waals surface area contributed by atoms with Crippen LogP contribution in [-0.2, 0) is 15.8 Å². The maximum Gasteiger partial charge on any atom is 0.333 e. The summed E-state index contributed by atoms with van der Waals surface area (Å²) >= 11 is 7.86. The summed E-state index contributed by atoms with van der Waals surface area (Å²) in [6.07, 6.45) is 6.53. The van der Waals surface area contributed by atoms with Crippen LogP contribution in [0.5, 0.6) is 0 Å². The molecule has 2 fully saturated rings. The van der Waals surface area contributed by atoms with Gasteiger partial charge in [0.05, 0.1) is 11.3 Å². The van der Waals surface area contributed by atoms with Gasteiger partial charge in [-0.1, -0.05) is 17.7 Å². The van der Waals surface area contributed by atoms with Crippen molar-refractivity contribution in [2.45, 2.75) is 43.5 Å². The number of hydrogen-bond acceptors (Lipinski definition) is 9. The van der Waals surface area contributed by atoms with Crippen LogP contribution in [0.2, 0.25) is 5.02 Å². The van der Waals surface area contributed by atoms with Crippen molar-refractivity contribution in [3.63, 3.8) is 0 Å². The van der Waals surface area contributed by atoms with Gasteiger partial charge < -0.3 is 10.0 Å². The number of piperidine rings is 1. The molecule has 7 rings (SSSR count). The van der Waals surface area contributed by atoms with E-state index >= 15 is 0 Å². The number of aliphatic hydroxyl groups is 1. The van der Waals surface area contributed by atoms with E-state index in [4.69, 9.17) is 16.6 Å². The highest BCUT2D eigenvalue weighted by atomic mass is 35.5. The largest absolute Gasteiger partial charge is 0.385 e. The van der Waals surface area contributed by atoms with Gasteiger partial charge in [0, 0.05) is 84.1 Å². The molecule has 0 radical (unpaired) electrons. The monoisotopic (exact) mass is 704 g/mol. The molecule has 4 aromatic rings. The van der Waals surface area contributed by atoms with Crippen molar-refractivity contribution >= 4 is 44.6 Å². The van der Waals surface area contributed by atoms with E-state index in [-0.39, 0.29) is 49.6 Å². The first-order valence-electron chi connectivity index (χ1n) is 14.7. The SMILES string of the molecule is O=S(=O)(N[C@H]1CC2=C(c3ccn(C(F)F)n3)[C@H](c3ccc(F)cc3Cl)N=C(c3nccs3)N2C1)N1CCC(O)(c2ccncc2)CC1. The minimum atomic E-state index is -4.00. The maximum absolute atomic E-state index is 14.1. The summed E-state index contributed by atoms with van der Waals surface area (Å²) in [6.45, 7) is -2.52. The van der Waals surface area contributed by atoms with Crippen LogP contribution in [-0.4, -0.2) is 74.0 Å². The molecule has 0 spiro atoms. The zero-order valence-electron chi connectivity index (χ0n) is 24.5. The molecule has 3 aliphatic heterocycles. The van der Waals surface area contributed by atoms with Crippen LogP contribution in [0, 0.1) is 5.82 Å². The summed E-state index contributed by atoms with van der Waals surface area (Å²) in [7, 11) is -4.00. The zero-order valence-corrected chi connectivity index (χ0v) is 26.9. The number of alkyl halides is 2. The van der Waals surface area contributed by atoms with E-state index < -0.39 is 40.3 Å². The Kier molecular flexibility index (Phi) is 8.42. The topological polar surface area (TPSA) is 129 Å². The molecule has 17 heteroatoms. The van der Waals surface area contributed by atoms with Gasteiger partial charge in [-0.25, -0.2) is 14.1 Å². The Hall–Kier alpha value is -3.67. The average molecular weight is 705 g/mol. The molecule has 6 heterocycles. The predicted molar refractivity (Wildman–Crippen MR) is 169 cm³/mol. The van der Waals surface area contributed by atoms with Crippen molar-refractivity contribution in [1.29, 1.82) is 0 Å². The Morgan fingerprint density at radius 3 is 2.53 bits per heavy atom. The summed E-state index contributed by atoms with van der Waals surface area (Å²) in [5.41, 5.74) is 1.19. The maximum atomic E-state index is 14.1. The third-order valence-corrected chi connectivity index (χ3v) is 11.4. The first-order chi connectivity index (χ1) is 22.5. The summed E-state index contributed by atoms with van der Waals surface area (Å²) in [6, 6.07) is 7.25. The van der Waals surface area contributed by atoms with Gasteiger partial charge in [0.15, 0.2) is 10.8 Å². The molecule has 2 N–H and O–H groups in total. The number of benzene rings is 1. The van der Waals surface area contributed by atoms with Crippen LogP contribution >= 0.6 is 22.9 Å². The standard InChI is InChI=1S/C30H28ClF3N8O3S2/c31-22-15-19(32)1-2-21(22)26-25(23-5-11-42(38-23)29(33)34)24-16-20(17-41(24)27(37-26)28-36-10-14-46-28)39-47(44,45)40-12-6-30(43,7-13-40)18-3-8-35-9-4-18/h1-5,8-11,14-15,20,26,29,39,43H,6-7,12-13,16-17H2/t20-,26-/m0/s1. The van der Waals surface area contributed by atoms with Gasteiger partial charge in [-0.3, -0.25) is 9.98 Å². The molecule has 246 valence electrons. The van der Waals surface area contributed by atoms with Gasteiger partial charge in [-0.05, 0) is 48.7 Å². The highest BCUT2D eigenvalue weighted by molar-refractivity contribution is 7.87. The fraction of sp³-hybridized carbons (Fsp3) is 0.333. The first kappa shape index (κ1) is 31.9. The predicted octanol–water partition coefficient (Wildman–Crippen LogP) is 4.73. The molecule has 1 aromatic carbocycles. The molecule has 11 nitrogen and oxygen atoms in total. The molecule has 0 saturated carbocycles. The van der Waals surface area contributed by atoms with Crippen molar-refractivity contribution in [2.24, 2.45) is 4.99 Å². The van der Waals surface area contributed by atoms with E-state index in [1.165, 1.54) is 33.8 Å². The summed E-state index contributed by atoms with van der Waals surface area (Å²) in [5.74, 6) is -0.108. The number of thiazole rings is 1. The van der Waals surface area contributed by atoms with E-state index in [0.29, 0.717) is 37.9 Å².